The monoisotopic (exact) mass is 428 g/mol. The summed E-state index contributed by atoms with van der Waals surface area (Å²) in [5, 5.41) is 0. The Morgan fingerprint density at radius 1 is 0.536 bits per heavy atom. The highest BCUT2D eigenvalue weighted by Crippen LogP contribution is 2.19. The Labute approximate surface area is 180 Å². The van der Waals surface area contributed by atoms with E-state index in [-0.39, 0.29) is 12.2 Å². The van der Waals surface area contributed by atoms with Crippen molar-refractivity contribution in [1.82, 2.24) is 0 Å². The molecule has 0 saturated carbocycles. The predicted octanol–water partition coefficient (Wildman–Crippen LogP) is 8.70. The van der Waals surface area contributed by atoms with E-state index < -0.39 is 16.6 Å². The smallest absolute Gasteiger partial charge is 0.184 e. The molecule has 0 saturated heterocycles. The summed E-state index contributed by atoms with van der Waals surface area (Å²) in [5.74, 6) is 0. The van der Waals surface area contributed by atoms with Gasteiger partial charge in [0, 0.05) is 0 Å². The Hall–Kier alpha value is 0.0938. The molecule has 0 unspecified atom stereocenters. The van der Waals surface area contributed by atoms with Crippen molar-refractivity contribution >= 4 is 16.6 Å². The van der Waals surface area contributed by atoms with Crippen LogP contribution >= 0.6 is 0 Å². The SMILES string of the molecule is CCCCCCCCCC[C@@H](/C=C/[C@H](CCCC)O[Si](C)(C)C)O[Si](C)(C)C. The van der Waals surface area contributed by atoms with Gasteiger partial charge in [0.05, 0.1) is 12.2 Å². The standard InChI is InChI=1S/C24H52O2Si2/c1-9-11-13-14-15-16-17-18-20-24(26-28(6,7)8)22-21-23(19-12-10-2)25-27(3,4)5/h21-24H,9-20H2,1-8H3/b22-21+/t23-,24-/m0/s1. The lowest BCUT2D eigenvalue weighted by Gasteiger charge is -2.27. The molecule has 168 valence electrons. The van der Waals surface area contributed by atoms with Crippen molar-refractivity contribution in [2.75, 3.05) is 0 Å². The topological polar surface area (TPSA) is 18.5 Å². The van der Waals surface area contributed by atoms with Gasteiger partial charge in [-0.05, 0) is 52.1 Å². The third-order valence-corrected chi connectivity index (χ3v) is 6.75. The van der Waals surface area contributed by atoms with Crippen molar-refractivity contribution in [3.8, 4) is 0 Å². The molecule has 0 radical (unpaired) electrons. The molecule has 0 amide bonds. The summed E-state index contributed by atoms with van der Waals surface area (Å²) in [4.78, 5) is 0. The molecule has 0 bridgehead atoms. The van der Waals surface area contributed by atoms with Gasteiger partial charge in [0.2, 0.25) is 0 Å². The Bertz CT molecular complexity index is 383. The van der Waals surface area contributed by atoms with Crippen LogP contribution in [0.2, 0.25) is 39.3 Å². The lowest BCUT2D eigenvalue weighted by atomic mass is 10.0. The molecule has 0 fully saturated rings. The van der Waals surface area contributed by atoms with E-state index in [1.807, 2.05) is 0 Å². The van der Waals surface area contributed by atoms with E-state index in [1.165, 1.54) is 64.2 Å². The highest BCUT2D eigenvalue weighted by Gasteiger charge is 2.21. The van der Waals surface area contributed by atoms with Crippen LogP contribution in [-0.2, 0) is 8.85 Å². The van der Waals surface area contributed by atoms with E-state index in [1.54, 1.807) is 0 Å². The van der Waals surface area contributed by atoms with Crippen LogP contribution in [0.1, 0.15) is 90.9 Å². The summed E-state index contributed by atoms with van der Waals surface area (Å²) in [6, 6.07) is 0. The average Bonchev–Trinajstić information content (AvgIpc) is 2.56. The molecule has 0 aliphatic heterocycles. The fourth-order valence-electron chi connectivity index (χ4n) is 3.43. The molecule has 0 N–H and O–H groups in total. The minimum absolute atomic E-state index is 0.262. The van der Waals surface area contributed by atoms with Crippen molar-refractivity contribution in [3.63, 3.8) is 0 Å². The lowest BCUT2D eigenvalue weighted by Crippen LogP contribution is -2.33. The number of rotatable bonds is 18. The number of hydrogen-bond acceptors (Lipinski definition) is 2. The first-order valence-electron chi connectivity index (χ1n) is 12.1. The third-order valence-electron chi connectivity index (χ3n) is 4.73. The minimum Gasteiger partial charge on any atom is -0.411 e. The van der Waals surface area contributed by atoms with E-state index in [9.17, 15) is 0 Å². The predicted molar refractivity (Wildman–Crippen MR) is 132 cm³/mol. The first-order chi connectivity index (χ1) is 13.1. The van der Waals surface area contributed by atoms with Crippen molar-refractivity contribution in [2.24, 2.45) is 0 Å². The maximum Gasteiger partial charge on any atom is 0.184 e. The van der Waals surface area contributed by atoms with E-state index in [0.717, 1.165) is 12.8 Å². The average molecular weight is 429 g/mol. The fourth-order valence-corrected chi connectivity index (χ4v) is 5.64. The fraction of sp³-hybridized carbons (Fsp3) is 0.917. The van der Waals surface area contributed by atoms with Crippen LogP contribution in [0.3, 0.4) is 0 Å². The van der Waals surface area contributed by atoms with Crippen molar-refractivity contribution in [2.45, 2.75) is 142 Å². The second kappa shape index (κ2) is 15.9. The second-order valence-electron chi connectivity index (χ2n) is 10.3. The molecule has 0 aromatic rings. The molecular formula is C24H52O2Si2. The van der Waals surface area contributed by atoms with E-state index in [4.69, 9.17) is 8.85 Å². The van der Waals surface area contributed by atoms with Crippen LogP contribution < -0.4 is 0 Å². The van der Waals surface area contributed by atoms with Gasteiger partial charge in [-0.15, -0.1) is 0 Å². The molecular weight excluding hydrogens is 376 g/mol. The van der Waals surface area contributed by atoms with Crippen LogP contribution in [0.15, 0.2) is 12.2 Å². The van der Waals surface area contributed by atoms with Crippen molar-refractivity contribution in [3.05, 3.63) is 12.2 Å². The zero-order chi connectivity index (χ0) is 21.5. The van der Waals surface area contributed by atoms with Gasteiger partial charge in [0.15, 0.2) is 16.6 Å². The Morgan fingerprint density at radius 3 is 1.29 bits per heavy atom. The van der Waals surface area contributed by atoms with Gasteiger partial charge in [-0.25, -0.2) is 0 Å². The molecule has 0 rings (SSSR count). The first-order valence-corrected chi connectivity index (χ1v) is 18.9. The summed E-state index contributed by atoms with van der Waals surface area (Å²) < 4.78 is 12.9. The van der Waals surface area contributed by atoms with Crippen molar-refractivity contribution in [1.29, 1.82) is 0 Å². The largest absolute Gasteiger partial charge is 0.411 e. The Kier molecular flexibility index (Phi) is 15.9. The summed E-state index contributed by atoms with van der Waals surface area (Å²) in [5.41, 5.74) is 0. The minimum atomic E-state index is -1.54. The first kappa shape index (κ1) is 28.1. The molecule has 2 nitrogen and oxygen atoms in total. The zero-order valence-electron chi connectivity index (χ0n) is 20.6. The third kappa shape index (κ3) is 19.4. The van der Waals surface area contributed by atoms with Gasteiger partial charge in [0.1, 0.15) is 0 Å². The molecule has 0 heterocycles. The van der Waals surface area contributed by atoms with Crippen LogP contribution in [0.5, 0.6) is 0 Å². The highest BCUT2D eigenvalue weighted by atomic mass is 28.4. The molecule has 0 aliphatic rings. The van der Waals surface area contributed by atoms with Crippen LogP contribution in [0, 0.1) is 0 Å². The van der Waals surface area contributed by atoms with Gasteiger partial charge >= 0.3 is 0 Å². The maximum atomic E-state index is 6.49. The van der Waals surface area contributed by atoms with Gasteiger partial charge < -0.3 is 8.85 Å². The molecule has 0 spiro atoms. The van der Waals surface area contributed by atoms with Crippen LogP contribution in [0.4, 0.5) is 0 Å². The normalized spacial score (nSPS) is 15.3. The van der Waals surface area contributed by atoms with Crippen molar-refractivity contribution < 1.29 is 8.85 Å². The summed E-state index contributed by atoms with van der Waals surface area (Å²) in [7, 11) is -3.06. The molecule has 0 aliphatic carbocycles. The quantitative estimate of drug-likeness (QED) is 0.123. The zero-order valence-corrected chi connectivity index (χ0v) is 22.6. The molecule has 2 atom stereocenters. The Balaban J connectivity index is 4.56. The van der Waals surface area contributed by atoms with Gasteiger partial charge in [-0.2, -0.15) is 0 Å². The van der Waals surface area contributed by atoms with Crippen LogP contribution in [0.25, 0.3) is 0 Å². The van der Waals surface area contributed by atoms with E-state index in [0.29, 0.717) is 0 Å². The van der Waals surface area contributed by atoms with Gasteiger partial charge in [-0.3, -0.25) is 0 Å². The van der Waals surface area contributed by atoms with Crippen LogP contribution in [-0.4, -0.2) is 28.8 Å². The van der Waals surface area contributed by atoms with E-state index in [2.05, 4.69) is 65.3 Å². The molecule has 0 aromatic carbocycles. The highest BCUT2D eigenvalue weighted by molar-refractivity contribution is 6.70. The second-order valence-corrected chi connectivity index (χ2v) is 19.2. The summed E-state index contributed by atoms with van der Waals surface area (Å²) >= 11 is 0. The Morgan fingerprint density at radius 2 is 0.893 bits per heavy atom. The van der Waals surface area contributed by atoms with E-state index >= 15 is 0 Å². The molecule has 28 heavy (non-hydrogen) atoms. The van der Waals surface area contributed by atoms with Gasteiger partial charge in [-0.1, -0.05) is 90.2 Å². The maximum absolute atomic E-state index is 6.49. The molecule has 4 heteroatoms. The lowest BCUT2D eigenvalue weighted by molar-refractivity contribution is 0.211. The number of unbranched alkanes of at least 4 members (excludes halogenated alkanes) is 8. The number of hydrogen-bond donors (Lipinski definition) is 0. The summed E-state index contributed by atoms with van der Waals surface area (Å²) in [6.45, 7) is 18.3. The molecule has 0 aromatic heterocycles. The van der Waals surface area contributed by atoms with Gasteiger partial charge in [0.25, 0.3) is 0 Å². The summed E-state index contributed by atoms with van der Waals surface area (Å²) in [6.07, 6.45) is 20.9.